The van der Waals surface area contributed by atoms with Gasteiger partial charge in [0, 0.05) is 12.6 Å². The van der Waals surface area contributed by atoms with Crippen LogP contribution in [0.2, 0.25) is 0 Å². The zero-order valence-corrected chi connectivity index (χ0v) is 11.4. The lowest BCUT2D eigenvalue weighted by molar-refractivity contribution is -0.144. The lowest BCUT2D eigenvalue weighted by Crippen LogP contribution is -2.40. The van der Waals surface area contributed by atoms with Crippen molar-refractivity contribution in [3.05, 3.63) is 0 Å². The van der Waals surface area contributed by atoms with Gasteiger partial charge >= 0.3 is 5.97 Å². The summed E-state index contributed by atoms with van der Waals surface area (Å²) in [6, 6.07) is 0.306. The van der Waals surface area contributed by atoms with E-state index in [1.165, 1.54) is 38.6 Å². The molecule has 0 radical (unpaired) electrons. The van der Waals surface area contributed by atoms with E-state index in [-0.39, 0.29) is 5.97 Å². The van der Waals surface area contributed by atoms with Gasteiger partial charge in [0.1, 0.15) is 6.04 Å². The van der Waals surface area contributed by atoms with E-state index in [1.807, 2.05) is 6.92 Å². The van der Waals surface area contributed by atoms with Crippen molar-refractivity contribution in [2.24, 2.45) is 11.7 Å². The fraction of sp³-hybridized carbons (Fsp3) is 0.929. The Hall–Kier alpha value is -0.610. The maximum atomic E-state index is 11.5. The van der Waals surface area contributed by atoms with E-state index < -0.39 is 6.04 Å². The predicted octanol–water partition coefficient (Wildman–Crippen LogP) is 1.53. The Kier molecular flexibility index (Phi) is 5.01. The molecule has 1 aliphatic carbocycles. The van der Waals surface area contributed by atoms with Gasteiger partial charge in [-0.3, -0.25) is 4.79 Å². The third-order valence-corrected chi connectivity index (χ3v) is 4.44. The smallest absolute Gasteiger partial charge is 0.322 e. The largest absolute Gasteiger partial charge is 0.465 e. The summed E-state index contributed by atoms with van der Waals surface area (Å²) >= 11 is 0. The first-order chi connectivity index (χ1) is 8.72. The average Bonchev–Trinajstić information content (AvgIpc) is 2.79. The Morgan fingerprint density at radius 3 is 2.94 bits per heavy atom. The van der Waals surface area contributed by atoms with Crippen molar-refractivity contribution in [3.63, 3.8) is 0 Å². The molecule has 3 unspecified atom stereocenters. The van der Waals surface area contributed by atoms with Crippen molar-refractivity contribution in [2.45, 2.75) is 57.5 Å². The van der Waals surface area contributed by atoms with Gasteiger partial charge in [0.15, 0.2) is 0 Å². The molecule has 0 bridgehead atoms. The normalized spacial score (nSPS) is 29.9. The van der Waals surface area contributed by atoms with Gasteiger partial charge < -0.3 is 15.4 Å². The second kappa shape index (κ2) is 6.53. The molecule has 3 atom stereocenters. The fourth-order valence-electron chi connectivity index (χ4n) is 3.45. The molecule has 0 amide bonds. The topological polar surface area (TPSA) is 55.6 Å². The maximum absolute atomic E-state index is 11.5. The van der Waals surface area contributed by atoms with Gasteiger partial charge in [-0.05, 0) is 45.1 Å². The molecule has 104 valence electrons. The number of carbonyl (C=O) groups excluding carboxylic acids is 1. The Morgan fingerprint density at radius 2 is 2.17 bits per heavy atom. The van der Waals surface area contributed by atoms with E-state index in [1.54, 1.807) is 0 Å². The first kappa shape index (κ1) is 13.8. The van der Waals surface area contributed by atoms with E-state index in [0.29, 0.717) is 6.61 Å². The molecule has 4 heteroatoms. The Bertz CT molecular complexity index is 283. The molecule has 0 spiro atoms. The van der Waals surface area contributed by atoms with Gasteiger partial charge in [-0.1, -0.05) is 12.8 Å². The van der Waals surface area contributed by atoms with Crippen LogP contribution in [0.1, 0.15) is 45.4 Å². The van der Waals surface area contributed by atoms with E-state index in [4.69, 9.17) is 10.5 Å². The van der Waals surface area contributed by atoms with Gasteiger partial charge in [0.2, 0.25) is 0 Å². The highest BCUT2D eigenvalue weighted by atomic mass is 16.5. The summed E-state index contributed by atoms with van der Waals surface area (Å²) in [5.74, 6) is 0.648. The Balaban J connectivity index is 1.75. The summed E-state index contributed by atoms with van der Waals surface area (Å²) in [5, 5.41) is 0. The summed E-state index contributed by atoms with van der Waals surface area (Å²) < 4.78 is 4.94. The van der Waals surface area contributed by atoms with Crippen molar-refractivity contribution in [1.82, 2.24) is 4.90 Å². The average molecular weight is 254 g/mol. The number of ether oxygens (including phenoxy) is 1. The molecule has 0 aromatic carbocycles. The molecule has 18 heavy (non-hydrogen) atoms. The van der Waals surface area contributed by atoms with Gasteiger partial charge in [0.05, 0.1) is 6.61 Å². The zero-order chi connectivity index (χ0) is 13.0. The van der Waals surface area contributed by atoms with Crippen LogP contribution in [-0.4, -0.2) is 42.6 Å². The molecule has 2 aliphatic rings. The number of esters is 1. The number of hydrogen-bond donors (Lipinski definition) is 1. The van der Waals surface area contributed by atoms with Crippen LogP contribution < -0.4 is 5.73 Å². The first-order valence-corrected chi connectivity index (χ1v) is 7.38. The second-order valence-corrected chi connectivity index (χ2v) is 5.58. The number of rotatable bonds is 5. The molecule has 1 aliphatic heterocycles. The third-order valence-electron chi connectivity index (χ3n) is 4.44. The van der Waals surface area contributed by atoms with Crippen LogP contribution in [0.25, 0.3) is 0 Å². The highest BCUT2D eigenvalue weighted by Gasteiger charge is 2.35. The minimum absolute atomic E-state index is 0.253. The lowest BCUT2D eigenvalue weighted by Gasteiger charge is -2.32. The van der Waals surface area contributed by atoms with Crippen molar-refractivity contribution >= 4 is 5.97 Å². The molecule has 0 aromatic rings. The maximum Gasteiger partial charge on any atom is 0.322 e. The van der Waals surface area contributed by atoms with E-state index in [2.05, 4.69) is 4.90 Å². The molecule has 0 aromatic heterocycles. The SMILES string of the molecule is CCOC(=O)C(N)CCN1CCC2CCCCC21. The molecule has 4 nitrogen and oxygen atoms in total. The molecule has 2 rings (SSSR count). The van der Waals surface area contributed by atoms with Crippen molar-refractivity contribution in [1.29, 1.82) is 0 Å². The van der Waals surface area contributed by atoms with E-state index in [9.17, 15) is 4.79 Å². The van der Waals surface area contributed by atoms with Crippen LogP contribution in [0.4, 0.5) is 0 Å². The van der Waals surface area contributed by atoms with E-state index >= 15 is 0 Å². The highest BCUT2D eigenvalue weighted by Crippen LogP contribution is 2.36. The molecular weight excluding hydrogens is 228 g/mol. The minimum atomic E-state index is -0.451. The Labute approximate surface area is 110 Å². The predicted molar refractivity (Wildman–Crippen MR) is 71.2 cm³/mol. The van der Waals surface area contributed by atoms with Gasteiger partial charge in [0.25, 0.3) is 0 Å². The molecule has 2 fully saturated rings. The monoisotopic (exact) mass is 254 g/mol. The first-order valence-electron chi connectivity index (χ1n) is 7.38. The number of carbonyl (C=O) groups is 1. The lowest BCUT2D eigenvalue weighted by atomic mass is 9.85. The summed E-state index contributed by atoms with van der Waals surface area (Å²) in [4.78, 5) is 14.0. The number of nitrogens with zero attached hydrogens (tertiary/aromatic N) is 1. The number of fused-ring (bicyclic) bond motifs is 1. The standard InChI is InChI=1S/C14H26N2O2/c1-2-18-14(17)12(15)8-10-16-9-7-11-5-3-4-6-13(11)16/h11-13H,2-10,15H2,1H3. The zero-order valence-electron chi connectivity index (χ0n) is 11.4. The van der Waals surface area contributed by atoms with Crippen LogP contribution in [0, 0.1) is 5.92 Å². The molecular formula is C14H26N2O2. The number of hydrogen-bond acceptors (Lipinski definition) is 4. The molecule has 1 saturated carbocycles. The summed E-state index contributed by atoms with van der Waals surface area (Å²) in [6.45, 7) is 4.37. The van der Waals surface area contributed by atoms with Crippen molar-refractivity contribution in [2.75, 3.05) is 19.7 Å². The summed E-state index contributed by atoms with van der Waals surface area (Å²) in [5.41, 5.74) is 5.85. The molecule has 1 heterocycles. The van der Waals surface area contributed by atoms with Crippen LogP contribution in [0.15, 0.2) is 0 Å². The van der Waals surface area contributed by atoms with Crippen LogP contribution in [0.3, 0.4) is 0 Å². The molecule has 1 saturated heterocycles. The third kappa shape index (κ3) is 3.23. The summed E-state index contributed by atoms with van der Waals surface area (Å²) in [7, 11) is 0. The van der Waals surface area contributed by atoms with E-state index in [0.717, 1.165) is 24.9 Å². The minimum Gasteiger partial charge on any atom is -0.465 e. The van der Waals surface area contributed by atoms with Crippen molar-refractivity contribution < 1.29 is 9.53 Å². The second-order valence-electron chi connectivity index (χ2n) is 5.58. The van der Waals surface area contributed by atoms with Crippen molar-refractivity contribution in [3.8, 4) is 0 Å². The fourth-order valence-corrected chi connectivity index (χ4v) is 3.45. The van der Waals surface area contributed by atoms with Crippen LogP contribution in [0.5, 0.6) is 0 Å². The number of nitrogens with two attached hydrogens (primary N) is 1. The van der Waals surface area contributed by atoms with Crippen LogP contribution in [-0.2, 0) is 9.53 Å². The Morgan fingerprint density at radius 1 is 1.39 bits per heavy atom. The van der Waals surface area contributed by atoms with Gasteiger partial charge in [-0.2, -0.15) is 0 Å². The van der Waals surface area contributed by atoms with Gasteiger partial charge in [-0.25, -0.2) is 0 Å². The number of likely N-dealkylation sites (tertiary alicyclic amines) is 1. The molecule has 2 N–H and O–H groups in total. The van der Waals surface area contributed by atoms with Gasteiger partial charge in [-0.15, -0.1) is 0 Å². The highest BCUT2D eigenvalue weighted by molar-refractivity contribution is 5.75. The van der Waals surface area contributed by atoms with Crippen LogP contribution >= 0.6 is 0 Å². The summed E-state index contributed by atoms with van der Waals surface area (Å²) in [6.07, 6.45) is 7.55. The quantitative estimate of drug-likeness (QED) is 0.756.